The van der Waals surface area contributed by atoms with Gasteiger partial charge in [0, 0.05) is 143 Å². The molecule has 6 nitrogen and oxygen atoms in total. The zero-order chi connectivity index (χ0) is 71.9. The van der Waals surface area contributed by atoms with Crippen molar-refractivity contribution in [2.75, 3.05) is 79.8 Å². The maximum atomic E-state index is 8.66. The summed E-state index contributed by atoms with van der Waals surface area (Å²) in [6.07, 6.45) is 1.84. The highest BCUT2D eigenvalue weighted by Crippen LogP contribution is 2.51. The molecule has 6 aromatic carbocycles. The van der Waals surface area contributed by atoms with Crippen LogP contribution in [-0.4, -0.2) is 126 Å². The molecule has 3 saturated heterocycles. The minimum absolute atomic E-state index is 0. The molecule has 0 unspecified atom stereocenters. The summed E-state index contributed by atoms with van der Waals surface area (Å²) in [4.78, 5) is 10.0. The van der Waals surface area contributed by atoms with Crippen LogP contribution in [0.25, 0.3) is 0 Å². The van der Waals surface area contributed by atoms with E-state index in [0.717, 1.165) is 44.0 Å². The fourth-order valence-corrected chi connectivity index (χ4v) is 13.0. The lowest BCUT2D eigenvalue weighted by Crippen LogP contribution is -2.58. The van der Waals surface area contributed by atoms with E-state index in [-0.39, 0.29) is 111 Å². The summed E-state index contributed by atoms with van der Waals surface area (Å²) < 4.78 is 166. The summed E-state index contributed by atoms with van der Waals surface area (Å²) >= 11 is 19.0. The van der Waals surface area contributed by atoms with E-state index in [9.17, 15) is 0 Å². The van der Waals surface area contributed by atoms with E-state index < -0.39 is 50.4 Å². The highest BCUT2D eigenvalue weighted by molar-refractivity contribution is 6.31. The summed E-state index contributed by atoms with van der Waals surface area (Å²) in [5, 5.41) is 1.77. The van der Waals surface area contributed by atoms with Gasteiger partial charge >= 0.3 is 0 Å². The fraction of sp³-hybridized carbons (Fsp3) is 0.478. The summed E-state index contributed by atoms with van der Waals surface area (Å²) in [6, 6.07) is 26.4. The first-order valence-electron chi connectivity index (χ1n) is 36.8. The molecule has 3 heterocycles. The van der Waals surface area contributed by atoms with E-state index in [4.69, 9.17) is 62.2 Å². The lowest BCUT2D eigenvalue weighted by atomic mass is 9.92. The molecule has 0 N–H and O–H groups in total. The van der Waals surface area contributed by atoms with Crippen molar-refractivity contribution < 1.29 is 27.4 Å². The summed E-state index contributed by atoms with van der Waals surface area (Å²) in [6.45, 7) is 5.30. The first-order chi connectivity index (χ1) is 44.6. The topological polar surface area (TPSA) is 19.4 Å². The van der Waals surface area contributed by atoms with Crippen LogP contribution in [0.4, 0.5) is 0 Å². The van der Waals surface area contributed by atoms with Crippen molar-refractivity contribution >= 4 is 34.8 Å². The standard InChI is InChI=1S/2C23H29ClN2.C22H27ClN2.CH4/c2*1-16-6-5-7-17(12-16)20-14-22(21-13-18(24)8-9-19(20)21)26-11-10-25(4)23(2,3)15-26;1-22(2)15-25(12-11-24(22)3)21-14-19(16-7-5-4-6-8-16)18-10-9-17(23)13-20(18)21;/h2*5-9,12-13,20,22H,10-11,14-15H2,1-4H3;4-10,13,19,21H,11-12,14-15H2,1-3H3;1H4/t2*20-,22+;19-,21+;/m000./s1/i4D3,5D,6D,7D,10D2,12D;5D,6D,7D,10D2,12D;3D3,11D2;. The van der Waals surface area contributed by atoms with Crippen LogP contribution >= 0.6 is 34.8 Å². The molecule has 0 aromatic heterocycles. The second kappa shape index (κ2) is 23.8. The second-order valence-corrected chi connectivity index (χ2v) is 24.9. The lowest BCUT2D eigenvalue weighted by Gasteiger charge is -2.47. The third kappa shape index (κ3) is 12.4. The number of nitrogens with zero attached hydrogens (tertiary/aromatic N) is 6. The molecule has 12 rings (SSSR count). The zero-order valence-electron chi connectivity index (χ0n) is 65.7. The van der Waals surface area contributed by atoms with Crippen molar-refractivity contribution in [2.45, 2.75) is 135 Å². The van der Waals surface area contributed by atoms with E-state index in [0.29, 0.717) is 69.8 Å². The molecule has 0 spiro atoms. The maximum absolute atomic E-state index is 8.66. The average Bonchev–Trinajstić information content (AvgIpc) is 1.25. The Bertz CT molecular complexity index is 3880. The second-order valence-electron chi connectivity index (χ2n) is 23.6. The SMILES string of the molecule is C.[2H]C([2H])([2H])N1C([2H])([2H])CN([C@@H]2C[C@@H](c3ccccc3)c3ccc(Cl)cc32)CC1(C)C.[2H]c1c([2H])c(C)c([2H])c([C@@H]2C[C@@H](N3CC([2H])([2H])N(C([2H])([2H])[2H])C(C)(C)C3)c3cc(Cl)ccc32)c1[2H].[2H]c1c([2H])c(C)c([2H])c([C@@H]2C[C@@H](N3CC([2H])([2H])N(C)C(C)(C)C3)c3cc(Cl)ccc32)c1[2H]. The molecule has 6 aliphatic rings. The normalized spacial score (nSPS) is 31.8. The van der Waals surface area contributed by atoms with Gasteiger partial charge < -0.3 is 0 Å². The largest absolute Gasteiger partial charge is 0.299 e. The number of piperazine rings is 3. The highest BCUT2D eigenvalue weighted by Gasteiger charge is 2.44. The molecule has 0 radical (unpaired) electrons. The third-order valence-electron chi connectivity index (χ3n) is 16.8. The van der Waals surface area contributed by atoms with E-state index in [2.05, 4.69) is 28.0 Å². The van der Waals surface area contributed by atoms with Crippen LogP contribution in [0.1, 0.15) is 193 Å². The van der Waals surface area contributed by atoms with Crippen LogP contribution in [-0.2, 0) is 0 Å². The monoisotopic (exact) mass is 1130 g/mol. The van der Waals surface area contributed by atoms with Gasteiger partial charge in [-0.25, -0.2) is 0 Å². The van der Waals surface area contributed by atoms with Crippen molar-refractivity contribution in [1.29, 1.82) is 0 Å². The quantitative estimate of drug-likeness (QED) is 0.164. The van der Waals surface area contributed by atoms with Gasteiger partial charge in [0.15, 0.2) is 0 Å². The number of benzene rings is 6. The van der Waals surface area contributed by atoms with Crippen molar-refractivity contribution in [3.05, 3.63) is 210 Å². The van der Waals surface area contributed by atoms with Gasteiger partial charge in [-0.3, -0.25) is 29.4 Å². The van der Waals surface area contributed by atoms with Crippen LogP contribution < -0.4 is 0 Å². The Hall–Kier alpha value is -4.05. The smallest absolute Gasteiger partial charge is 0.0629 e. The molecule has 0 saturated carbocycles. The molecular formula is C69H89Cl3N6. The number of rotatable bonds is 6. The van der Waals surface area contributed by atoms with Gasteiger partial charge in [-0.1, -0.05) is 150 Å². The third-order valence-corrected chi connectivity index (χ3v) is 17.5. The van der Waals surface area contributed by atoms with E-state index >= 15 is 0 Å². The van der Waals surface area contributed by atoms with Crippen LogP contribution in [0.5, 0.6) is 0 Å². The van der Waals surface area contributed by atoms with Crippen molar-refractivity contribution in [3.63, 3.8) is 0 Å². The van der Waals surface area contributed by atoms with Crippen LogP contribution in [0.2, 0.25) is 15.1 Å². The first kappa shape index (κ1) is 37.9. The summed E-state index contributed by atoms with van der Waals surface area (Å²) in [7, 11) is 1.82. The van der Waals surface area contributed by atoms with E-state index in [1.54, 1.807) is 38.7 Å². The molecule has 78 heavy (non-hydrogen) atoms. The number of likely N-dealkylation sites (N-methyl/N-ethyl adjacent to an activating group) is 3. The predicted molar refractivity (Wildman–Crippen MR) is 332 cm³/mol. The van der Waals surface area contributed by atoms with Gasteiger partial charge in [0.2, 0.25) is 0 Å². The number of hydrogen-bond donors (Lipinski definition) is 0. The van der Waals surface area contributed by atoms with Gasteiger partial charge in [0.25, 0.3) is 0 Å². The average molecular weight is 1130 g/mol. The van der Waals surface area contributed by atoms with Crippen molar-refractivity contribution in [2.24, 2.45) is 0 Å². The lowest BCUT2D eigenvalue weighted by molar-refractivity contribution is 0.0158. The van der Waals surface area contributed by atoms with Gasteiger partial charge in [0.05, 0.1) is 11.0 Å². The molecule has 9 heteroatoms. The molecule has 3 aliphatic heterocycles. The zero-order valence-corrected chi connectivity index (χ0v) is 48.0. The minimum atomic E-state index is -2.60. The summed E-state index contributed by atoms with van der Waals surface area (Å²) in [5.74, 6) is -0.465. The van der Waals surface area contributed by atoms with Gasteiger partial charge in [0.1, 0.15) is 0 Å². The van der Waals surface area contributed by atoms with Gasteiger partial charge in [-0.05, 0) is 182 Å². The van der Waals surface area contributed by atoms with Gasteiger partial charge in [-0.15, -0.1) is 0 Å². The first-order valence-corrected chi connectivity index (χ1v) is 27.9. The Kier molecular flexibility index (Phi) is 11.6. The Labute approximate surface area is 513 Å². The van der Waals surface area contributed by atoms with Crippen LogP contribution in [0, 0.1) is 13.8 Å². The number of fused-ring (bicyclic) bond motifs is 3. The molecule has 416 valence electrons. The molecular weight excluding hydrogens is 1020 g/mol. The molecule has 6 atom stereocenters. The van der Waals surface area contributed by atoms with Gasteiger partial charge in [-0.2, -0.15) is 0 Å². The van der Waals surface area contributed by atoms with E-state index in [1.807, 2.05) is 100 Å². The minimum Gasteiger partial charge on any atom is -0.299 e. The molecule has 3 aliphatic carbocycles. The molecule has 3 fully saturated rings. The Morgan fingerprint density at radius 3 is 1.17 bits per heavy atom. The Balaban J connectivity index is 0.000000172. The number of hydrogen-bond acceptors (Lipinski definition) is 6. The maximum Gasteiger partial charge on any atom is 0.0629 e. The number of halogens is 3. The van der Waals surface area contributed by atoms with Crippen LogP contribution in [0.3, 0.4) is 0 Å². The molecule has 0 amide bonds. The Morgan fingerprint density at radius 1 is 0.474 bits per heavy atom. The van der Waals surface area contributed by atoms with E-state index in [1.165, 1.54) is 11.1 Å². The van der Waals surface area contributed by atoms with Crippen LogP contribution in [0.15, 0.2) is 133 Å². The fourth-order valence-electron chi connectivity index (χ4n) is 12.5. The van der Waals surface area contributed by atoms with Crippen molar-refractivity contribution in [3.8, 4) is 0 Å². The van der Waals surface area contributed by atoms with Crippen molar-refractivity contribution in [1.82, 2.24) is 29.4 Å². The Morgan fingerprint density at radius 2 is 0.821 bits per heavy atom. The highest BCUT2D eigenvalue weighted by atomic mass is 35.5. The predicted octanol–water partition coefficient (Wildman–Crippen LogP) is 16.1. The molecule has 0 bridgehead atoms. The molecule has 6 aromatic rings. The summed E-state index contributed by atoms with van der Waals surface area (Å²) in [5.41, 5.74) is 6.64.